The standard InChI is InChI=1S/C13H18BrNO/c1-16-13-9-15-7-6-11(13)8-10-2-4-12(14)5-3-10/h2-5,11,13,15H,6-9H2,1H3. The molecule has 16 heavy (non-hydrogen) atoms. The lowest BCUT2D eigenvalue weighted by Crippen LogP contribution is -2.42. The summed E-state index contributed by atoms with van der Waals surface area (Å²) in [6, 6.07) is 8.61. The minimum Gasteiger partial charge on any atom is -0.380 e. The summed E-state index contributed by atoms with van der Waals surface area (Å²) in [7, 11) is 1.81. The molecule has 0 spiro atoms. The Kier molecular flexibility index (Phi) is 4.38. The van der Waals surface area contributed by atoms with Crippen molar-refractivity contribution in [2.24, 2.45) is 5.92 Å². The average molecular weight is 284 g/mol. The van der Waals surface area contributed by atoms with E-state index in [2.05, 4.69) is 45.5 Å². The molecule has 0 saturated carbocycles. The van der Waals surface area contributed by atoms with E-state index in [1.807, 2.05) is 7.11 Å². The zero-order chi connectivity index (χ0) is 11.4. The topological polar surface area (TPSA) is 21.3 Å². The number of piperidine rings is 1. The maximum absolute atomic E-state index is 5.53. The van der Waals surface area contributed by atoms with Gasteiger partial charge in [0.05, 0.1) is 6.10 Å². The van der Waals surface area contributed by atoms with Crippen LogP contribution in [0.15, 0.2) is 28.7 Å². The summed E-state index contributed by atoms with van der Waals surface area (Å²) >= 11 is 3.46. The second kappa shape index (κ2) is 5.80. The lowest BCUT2D eigenvalue weighted by atomic mass is 9.88. The van der Waals surface area contributed by atoms with E-state index in [9.17, 15) is 0 Å². The lowest BCUT2D eigenvalue weighted by molar-refractivity contribution is 0.0341. The Morgan fingerprint density at radius 3 is 2.81 bits per heavy atom. The van der Waals surface area contributed by atoms with Crippen LogP contribution in [0.4, 0.5) is 0 Å². The van der Waals surface area contributed by atoms with Gasteiger partial charge in [-0.1, -0.05) is 28.1 Å². The second-order valence-electron chi connectivity index (χ2n) is 4.36. The largest absolute Gasteiger partial charge is 0.380 e. The van der Waals surface area contributed by atoms with Gasteiger partial charge in [-0.2, -0.15) is 0 Å². The molecule has 2 nitrogen and oxygen atoms in total. The van der Waals surface area contributed by atoms with Crippen molar-refractivity contribution >= 4 is 15.9 Å². The van der Waals surface area contributed by atoms with Crippen molar-refractivity contribution in [1.82, 2.24) is 5.32 Å². The van der Waals surface area contributed by atoms with Gasteiger partial charge in [0.1, 0.15) is 0 Å². The summed E-state index contributed by atoms with van der Waals surface area (Å²) in [4.78, 5) is 0. The van der Waals surface area contributed by atoms with E-state index in [0.29, 0.717) is 12.0 Å². The molecule has 0 radical (unpaired) electrons. The highest BCUT2D eigenvalue weighted by Gasteiger charge is 2.24. The predicted molar refractivity (Wildman–Crippen MR) is 69.6 cm³/mol. The SMILES string of the molecule is COC1CNCCC1Cc1ccc(Br)cc1. The van der Waals surface area contributed by atoms with E-state index < -0.39 is 0 Å². The number of nitrogens with one attached hydrogen (secondary N) is 1. The fourth-order valence-corrected chi connectivity index (χ4v) is 2.58. The molecule has 2 unspecified atom stereocenters. The van der Waals surface area contributed by atoms with Gasteiger partial charge < -0.3 is 10.1 Å². The van der Waals surface area contributed by atoms with Crippen molar-refractivity contribution < 1.29 is 4.74 Å². The summed E-state index contributed by atoms with van der Waals surface area (Å²) < 4.78 is 6.67. The highest BCUT2D eigenvalue weighted by molar-refractivity contribution is 9.10. The molecule has 1 N–H and O–H groups in total. The zero-order valence-corrected chi connectivity index (χ0v) is 11.2. The Labute approximate surface area is 106 Å². The van der Waals surface area contributed by atoms with Crippen LogP contribution in [0.3, 0.4) is 0 Å². The third-order valence-electron chi connectivity index (χ3n) is 3.28. The van der Waals surface area contributed by atoms with Crippen LogP contribution < -0.4 is 5.32 Å². The quantitative estimate of drug-likeness (QED) is 0.921. The molecule has 1 saturated heterocycles. The van der Waals surface area contributed by atoms with E-state index in [-0.39, 0.29) is 0 Å². The molecular formula is C13H18BrNO. The fraction of sp³-hybridized carbons (Fsp3) is 0.538. The summed E-state index contributed by atoms with van der Waals surface area (Å²) in [5.41, 5.74) is 1.40. The number of methoxy groups -OCH3 is 1. The predicted octanol–water partition coefficient (Wildman–Crippen LogP) is 2.62. The highest BCUT2D eigenvalue weighted by Crippen LogP contribution is 2.21. The molecule has 0 aliphatic carbocycles. The van der Waals surface area contributed by atoms with Gasteiger partial charge in [0, 0.05) is 18.1 Å². The summed E-state index contributed by atoms with van der Waals surface area (Å²) in [5.74, 6) is 0.646. The number of hydrogen-bond acceptors (Lipinski definition) is 2. The molecule has 1 aromatic rings. The molecule has 88 valence electrons. The van der Waals surface area contributed by atoms with Crippen molar-refractivity contribution in [2.75, 3.05) is 20.2 Å². The van der Waals surface area contributed by atoms with Crippen LogP contribution in [0.1, 0.15) is 12.0 Å². The van der Waals surface area contributed by atoms with Crippen LogP contribution in [0.2, 0.25) is 0 Å². The van der Waals surface area contributed by atoms with Gasteiger partial charge in [-0.15, -0.1) is 0 Å². The second-order valence-corrected chi connectivity index (χ2v) is 5.27. The number of benzene rings is 1. The molecule has 3 heteroatoms. The minimum atomic E-state index is 0.359. The molecule has 0 amide bonds. The Hall–Kier alpha value is -0.380. The Balaban J connectivity index is 1.99. The van der Waals surface area contributed by atoms with E-state index in [1.54, 1.807) is 0 Å². The Bertz CT molecular complexity index is 325. The number of halogens is 1. The first-order valence-electron chi connectivity index (χ1n) is 5.77. The third kappa shape index (κ3) is 3.06. The van der Waals surface area contributed by atoms with Crippen LogP contribution >= 0.6 is 15.9 Å². The average Bonchev–Trinajstić information content (AvgIpc) is 2.33. The maximum Gasteiger partial charge on any atom is 0.0727 e. The van der Waals surface area contributed by atoms with Crippen molar-refractivity contribution in [3.05, 3.63) is 34.3 Å². The van der Waals surface area contributed by atoms with Gasteiger partial charge in [-0.05, 0) is 43.0 Å². The van der Waals surface area contributed by atoms with Gasteiger partial charge >= 0.3 is 0 Å². The molecular weight excluding hydrogens is 266 g/mol. The van der Waals surface area contributed by atoms with E-state index >= 15 is 0 Å². The molecule has 1 fully saturated rings. The number of rotatable bonds is 3. The van der Waals surface area contributed by atoms with E-state index in [1.165, 1.54) is 12.0 Å². The molecule has 0 aromatic heterocycles. The first kappa shape index (κ1) is 12.1. The van der Waals surface area contributed by atoms with Gasteiger partial charge in [-0.25, -0.2) is 0 Å². The normalized spacial score (nSPS) is 25.6. The van der Waals surface area contributed by atoms with Gasteiger partial charge in [0.25, 0.3) is 0 Å². The fourth-order valence-electron chi connectivity index (χ4n) is 2.32. The van der Waals surface area contributed by atoms with Crippen LogP contribution in [0.5, 0.6) is 0 Å². The van der Waals surface area contributed by atoms with Crippen LogP contribution in [-0.2, 0) is 11.2 Å². The van der Waals surface area contributed by atoms with Gasteiger partial charge in [-0.3, -0.25) is 0 Å². The molecule has 0 bridgehead atoms. The first-order valence-corrected chi connectivity index (χ1v) is 6.57. The zero-order valence-electron chi connectivity index (χ0n) is 9.58. The molecule has 1 aliphatic rings. The van der Waals surface area contributed by atoms with Crippen molar-refractivity contribution in [3.8, 4) is 0 Å². The highest BCUT2D eigenvalue weighted by atomic mass is 79.9. The first-order chi connectivity index (χ1) is 7.79. The smallest absolute Gasteiger partial charge is 0.0727 e. The van der Waals surface area contributed by atoms with Crippen LogP contribution in [-0.4, -0.2) is 26.3 Å². The van der Waals surface area contributed by atoms with Crippen molar-refractivity contribution in [2.45, 2.75) is 18.9 Å². The van der Waals surface area contributed by atoms with E-state index in [4.69, 9.17) is 4.74 Å². The molecule has 2 rings (SSSR count). The molecule has 2 atom stereocenters. The maximum atomic E-state index is 5.53. The number of ether oxygens (including phenoxy) is 1. The lowest BCUT2D eigenvalue weighted by Gasteiger charge is -2.31. The monoisotopic (exact) mass is 283 g/mol. The summed E-state index contributed by atoms with van der Waals surface area (Å²) in [5, 5.41) is 3.38. The summed E-state index contributed by atoms with van der Waals surface area (Å²) in [6.45, 7) is 2.10. The minimum absolute atomic E-state index is 0.359. The van der Waals surface area contributed by atoms with E-state index in [0.717, 1.165) is 24.0 Å². The van der Waals surface area contributed by atoms with Gasteiger partial charge in [0.15, 0.2) is 0 Å². The Morgan fingerprint density at radius 1 is 1.38 bits per heavy atom. The van der Waals surface area contributed by atoms with Crippen LogP contribution in [0, 0.1) is 5.92 Å². The van der Waals surface area contributed by atoms with Crippen molar-refractivity contribution in [3.63, 3.8) is 0 Å². The Morgan fingerprint density at radius 2 is 2.12 bits per heavy atom. The van der Waals surface area contributed by atoms with Crippen molar-refractivity contribution in [1.29, 1.82) is 0 Å². The third-order valence-corrected chi connectivity index (χ3v) is 3.81. The summed E-state index contributed by atoms with van der Waals surface area (Å²) in [6.07, 6.45) is 2.68. The molecule has 1 aliphatic heterocycles. The molecule has 1 heterocycles. The van der Waals surface area contributed by atoms with Gasteiger partial charge in [0.2, 0.25) is 0 Å². The number of hydrogen-bond donors (Lipinski definition) is 1. The molecule has 1 aromatic carbocycles. The van der Waals surface area contributed by atoms with Crippen LogP contribution in [0.25, 0.3) is 0 Å².